The third-order valence-corrected chi connectivity index (χ3v) is 10.8. The Labute approximate surface area is 291 Å². The Bertz CT molecular complexity index is 2110. The van der Waals surface area contributed by atoms with E-state index in [0.29, 0.717) is 4.31 Å². The number of halogens is 4. The predicted octanol–water partition coefficient (Wildman–Crippen LogP) is 5.75. The van der Waals surface area contributed by atoms with Gasteiger partial charge >= 0.3 is 6.36 Å². The molecule has 0 radical (unpaired) electrons. The van der Waals surface area contributed by atoms with Crippen LogP contribution in [0.2, 0.25) is 5.02 Å². The number of hydrogen-bond donors (Lipinski definition) is 0. The molecule has 15 heteroatoms. The van der Waals surface area contributed by atoms with Crippen molar-refractivity contribution in [3.05, 3.63) is 112 Å². The zero-order valence-electron chi connectivity index (χ0n) is 27.2. The Kier molecular flexibility index (Phi) is 8.99. The smallest absolute Gasteiger partial charge is 0.496 e. The van der Waals surface area contributed by atoms with Crippen LogP contribution in [0.5, 0.6) is 17.2 Å². The molecule has 0 aliphatic carbocycles. The van der Waals surface area contributed by atoms with E-state index in [2.05, 4.69) is 4.74 Å². The number of hydrogen-bond acceptors (Lipinski definition) is 8. The monoisotopic (exact) mass is 729 g/mol. The number of amides is 2. The molecule has 0 saturated carbocycles. The molecule has 0 N–H and O–H groups in total. The molecule has 0 saturated heterocycles. The molecule has 2 atom stereocenters. The van der Waals surface area contributed by atoms with E-state index in [4.69, 9.17) is 21.1 Å². The number of likely N-dealkylation sites (N-methyl/N-ethyl adjacent to an activating group) is 1. The Morgan fingerprint density at radius 3 is 2.22 bits per heavy atom. The van der Waals surface area contributed by atoms with E-state index in [1.807, 2.05) is 24.3 Å². The van der Waals surface area contributed by atoms with Gasteiger partial charge in [0.2, 0.25) is 5.91 Å². The minimum atomic E-state index is -5.06. The first-order valence-corrected chi connectivity index (χ1v) is 17.0. The molecule has 0 spiro atoms. The number of anilines is 1. The summed E-state index contributed by atoms with van der Waals surface area (Å²) >= 11 is 6.60. The number of ether oxygens (including phenoxy) is 3. The lowest BCUT2D eigenvalue weighted by molar-refractivity contribution is -0.274. The van der Waals surface area contributed by atoms with Crippen LogP contribution < -0.4 is 18.5 Å². The van der Waals surface area contributed by atoms with Gasteiger partial charge in [-0.15, -0.1) is 13.2 Å². The molecule has 262 valence electrons. The standard InChI is InChI=1S/C35H31ClF3N3O7S/c1-40(2)32(43)28-17-21-9-5-6-10-22(21)20-41(28)34(25-11-7-8-12-29(25)47-3)26-18-23(36)13-15-27(26)42(33(34)44)50(45,46)31-16-14-24(19-30(31)48-4)49-35(37,38)39/h5-16,18-19,28H,17,20H2,1-4H3/t28-,34?/m0/s1. The largest absolute Gasteiger partial charge is 0.573 e. The predicted molar refractivity (Wildman–Crippen MR) is 178 cm³/mol. The summed E-state index contributed by atoms with van der Waals surface area (Å²) in [6.07, 6.45) is -4.87. The number of carbonyl (C=O) groups is 2. The first-order chi connectivity index (χ1) is 23.6. The summed E-state index contributed by atoms with van der Waals surface area (Å²) in [6, 6.07) is 19.8. The molecule has 1 unspecified atom stereocenters. The van der Waals surface area contributed by atoms with Gasteiger partial charge in [0.25, 0.3) is 15.9 Å². The number of nitrogens with zero attached hydrogens (tertiary/aromatic N) is 3. The minimum Gasteiger partial charge on any atom is -0.496 e. The lowest BCUT2D eigenvalue weighted by Crippen LogP contribution is -2.62. The van der Waals surface area contributed by atoms with Crippen LogP contribution in [0.15, 0.2) is 89.8 Å². The summed E-state index contributed by atoms with van der Waals surface area (Å²) in [4.78, 5) is 32.1. The van der Waals surface area contributed by atoms with Crippen LogP contribution in [0, 0.1) is 0 Å². The number of fused-ring (bicyclic) bond motifs is 2. The lowest BCUT2D eigenvalue weighted by atomic mass is 9.77. The van der Waals surface area contributed by atoms with Gasteiger partial charge < -0.3 is 19.1 Å². The van der Waals surface area contributed by atoms with Crippen molar-refractivity contribution in [3.63, 3.8) is 0 Å². The maximum atomic E-state index is 15.6. The highest BCUT2D eigenvalue weighted by Gasteiger charge is 2.63. The molecule has 4 aromatic rings. The van der Waals surface area contributed by atoms with Gasteiger partial charge in [0, 0.05) is 42.9 Å². The molecule has 2 heterocycles. The van der Waals surface area contributed by atoms with Gasteiger partial charge in [-0.1, -0.05) is 54.1 Å². The number of para-hydroxylation sites is 1. The van der Waals surface area contributed by atoms with Gasteiger partial charge in [0.1, 0.15) is 22.1 Å². The van der Waals surface area contributed by atoms with Gasteiger partial charge in [-0.05, 0) is 53.9 Å². The molecule has 2 amide bonds. The average molecular weight is 730 g/mol. The van der Waals surface area contributed by atoms with Crippen molar-refractivity contribution in [2.45, 2.75) is 35.8 Å². The SMILES string of the molecule is COc1ccccc1C1(N2Cc3ccccc3C[C@H]2C(=O)N(C)C)C(=O)N(S(=O)(=O)c2ccc(OC(F)(F)F)cc2OC)c2ccc(Cl)cc21. The second-order valence-electron chi connectivity index (χ2n) is 11.9. The normalized spacial score (nSPS) is 19.1. The van der Waals surface area contributed by atoms with Crippen molar-refractivity contribution in [1.29, 1.82) is 0 Å². The Hall–Kier alpha value is -4.79. The Balaban J connectivity index is 1.66. The topological polar surface area (TPSA) is 106 Å². The van der Waals surface area contributed by atoms with Crippen molar-refractivity contribution in [1.82, 2.24) is 9.80 Å². The molecule has 0 fully saturated rings. The molecule has 2 aliphatic rings. The fraction of sp³-hybridized carbons (Fsp3) is 0.257. The van der Waals surface area contributed by atoms with Gasteiger partial charge in [0.15, 0.2) is 5.54 Å². The highest BCUT2D eigenvalue weighted by molar-refractivity contribution is 7.93. The highest BCUT2D eigenvalue weighted by atomic mass is 35.5. The van der Waals surface area contributed by atoms with Crippen LogP contribution >= 0.6 is 11.6 Å². The molecular formula is C35H31ClF3N3O7S. The molecule has 0 aromatic heterocycles. The second kappa shape index (κ2) is 12.8. The number of benzene rings is 4. The van der Waals surface area contributed by atoms with Gasteiger partial charge in [-0.25, -0.2) is 12.7 Å². The third kappa shape index (κ3) is 5.70. The molecule has 6 rings (SSSR count). The van der Waals surface area contributed by atoms with Crippen molar-refractivity contribution in [3.8, 4) is 17.2 Å². The van der Waals surface area contributed by atoms with E-state index < -0.39 is 50.3 Å². The van der Waals surface area contributed by atoms with Crippen LogP contribution in [0.25, 0.3) is 0 Å². The average Bonchev–Trinajstić information content (AvgIpc) is 3.34. The zero-order valence-corrected chi connectivity index (χ0v) is 28.8. The molecule has 10 nitrogen and oxygen atoms in total. The molecule has 0 bridgehead atoms. The number of methoxy groups -OCH3 is 2. The lowest BCUT2D eigenvalue weighted by Gasteiger charge is -2.47. The fourth-order valence-corrected chi connectivity index (χ4v) is 8.55. The van der Waals surface area contributed by atoms with Crippen LogP contribution in [-0.2, 0) is 38.1 Å². The van der Waals surface area contributed by atoms with E-state index in [1.165, 1.54) is 30.2 Å². The Morgan fingerprint density at radius 1 is 0.900 bits per heavy atom. The van der Waals surface area contributed by atoms with E-state index in [-0.39, 0.29) is 46.5 Å². The van der Waals surface area contributed by atoms with Crippen LogP contribution in [0.3, 0.4) is 0 Å². The van der Waals surface area contributed by atoms with E-state index >= 15 is 4.79 Å². The molecule has 4 aromatic carbocycles. The number of alkyl halides is 3. The quantitative estimate of drug-likeness (QED) is 0.226. The summed E-state index contributed by atoms with van der Waals surface area (Å²) in [5, 5.41) is 0.175. The Morgan fingerprint density at radius 2 is 1.56 bits per heavy atom. The van der Waals surface area contributed by atoms with Crippen LogP contribution in [0.4, 0.5) is 18.9 Å². The summed E-state index contributed by atoms with van der Waals surface area (Å²) in [5.74, 6) is -2.33. The van der Waals surface area contributed by atoms with Crippen LogP contribution in [-0.4, -0.2) is 70.8 Å². The zero-order chi connectivity index (χ0) is 36.2. The summed E-state index contributed by atoms with van der Waals surface area (Å²) in [7, 11) is 0.710. The van der Waals surface area contributed by atoms with Crippen molar-refractivity contribution >= 4 is 39.1 Å². The number of carbonyl (C=O) groups excluding carboxylic acids is 2. The van der Waals surface area contributed by atoms with Gasteiger partial charge in [-0.3, -0.25) is 14.5 Å². The number of rotatable bonds is 8. The van der Waals surface area contributed by atoms with E-state index in [0.717, 1.165) is 36.4 Å². The van der Waals surface area contributed by atoms with E-state index in [1.54, 1.807) is 43.3 Å². The fourth-order valence-electron chi connectivity index (χ4n) is 6.77. The summed E-state index contributed by atoms with van der Waals surface area (Å²) < 4.78 is 84.2. The summed E-state index contributed by atoms with van der Waals surface area (Å²) in [6.45, 7) is 0.0385. The molecule has 2 aliphatic heterocycles. The van der Waals surface area contributed by atoms with Crippen LogP contribution in [0.1, 0.15) is 22.3 Å². The second-order valence-corrected chi connectivity index (χ2v) is 14.0. The molecular weight excluding hydrogens is 699 g/mol. The highest BCUT2D eigenvalue weighted by Crippen LogP contribution is 2.55. The first kappa shape index (κ1) is 35.1. The minimum absolute atomic E-state index is 0.0385. The van der Waals surface area contributed by atoms with Gasteiger partial charge in [0.05, 0.1) is 25.9 Å². The van der Waals surface area contributed by atoms with Crippen molar-refractivity contribution < 1.29 is 45.4 Å². The van der Waals surface area contributed by atoms with Crippen molar-refractivity contribution in [2.75, 3.05) is 32.6 Å². The summed E-state index contributed by atoms with van der Waals surface area (Å²) in [5.41, 5.74) is -0.0371. The third-order valence-electron chi connectivity index (χ3n) is 8.85. The van der Waals surface area contributed by atoms with Gasteiger partial charge in [-0.2, -0.15) is 0 Å². The molecule has 50 heavy (non-hydrogen) atoms. The maximum Gasteiger partial charge on any atom is 0.573 e. The van der Waals surface area contributed by atoms with E-state index in [9.17, 15) is 26.4 Å². The first-order valence-electron chi connectivity index (χ1n) is 15.2. The number of sulfonamides is 1. The maximum absolute atomic E-state index is 15.6. The van der Waals surface area contributed by atoms with Crippen molar-refractivity contribution in [2.24, 2.45) is 0 Å².